The molecule has 2 unspecified atom stereocenters. The monoisotopic (exact) mass is 266 g/mol. The van der Waals surface area contributed by atoms with E-state index < -0.39 is 0 Å². The van der Waals surface area contributed by atoms with Gasteiger partial charge in [-0.15, -0.1) is 0 Å². The van der Waals surface area contributed by atoms with Gasteiger partial charge in [0, 0.05) is 19.2 Å². The Kier molecular flexibility index (Phi) is 5.86. The lowest BCUT2D eigenvalue weighted by Gasteiger charge is -2.22. The van der Waals surface area contributed by atoms with Gasteiger partial charge in [-0.3, -0.25) is 4.79 Å². The van der Waals surface area contributed by atoms with E-state index in [1.165, 1.54) is 32.1 Å². The van der Waals surface area contributed by atoms with Gasteiger partial charge in [0.15, 0.2) is 0 Å². The number of hydrogen-bond donors (Lipinski definition) is 2. The van der Waals surface area contributed by atoms with Crippen molar-refractivity contribution >= 4 is 5.91 Å². The van der Waals surface area contributed by atoms with E-state index in [0.717, 1.165) is 19.4 Å². The maximum Gasteiger partial charge on any atom is 0.226 e. The third-order valence-electron chi connectivity index (χ3n) is 3.98. The third-order valence-corrected chi connectivity index (χ3v) is 3.98. The fourth-order valence-electron chi connectivity index (χ4n) is 2.82. The molecule has 0 bridgehead atoms. The van der Waals surface area contributed by atoms with Gasteiger partial charge in [0.25, 0.3) is 0 Å². The number of amides is 1. The Labute approximate surface area is 115 Å². The minimum Gasteiger partial charge on any atom is -0.378 e. The minimum absolute atomic E-state index is 0.0331. The number of ether oxygens (including phenoxy) is 1. The van der Waals surface area contributed by atoms with Gasteiger partial charge in [-0.05, 0) is 25.7 Å². The van der Waals surface area contributed by atoms with Crippen LogP contribution in [-0.4, -0.2) is 31.2 Å². The van der Waals surface area contributed by atoms with Gasteiger partial charge in [0.1, 0.15) is 0 Å². The predicted molar refractivity (Wildman–Crippen MR) is 75.7 cm³/mol. The summed E-state index contributed by atoms with van der Waals surface area (Å²) in [5, 5.41) is 2.96. The van der Waals surface area contributed by atoms with Crippen molar-refractivity contribution in [1.82, 2.24) is 5.32 Å². The summed E-state index contributed by atoms with van der Waals surface area (Å²) >= 11 is 0. The first-order valence-electron chi connectivity index (χ1n) is 7.59. The van der Waals surface area contributed by atoms with E-state index in [1.807, 2.05) is 12.2 Å². The topological polar surface area (TPSA) is 64.4 Å². The Morgan fingerprint density at radius 2 is 2.05 bits per heavy atom. The zero-order valence-electron chi connectivity index (χ0n) is 11.6. The van der Waals surface area contributed by atoms with Crippen LogP contribution in [-0.2, 0) is 9.53 Å². The summed E-state index contributed by atoms with van der Waals surface area (Å²) in [6.45, 7) is 1.45. The van der Waals surface area contributed by atoms with Crippen molar-refractivity contribution in [3.05, 3.63) is 12.2 Å². The van der Waals surface area contributed by atoms with Crippen LogP contribution in [0.3, 0.4) is 0 Å². The molecular weight excluding hydrogens is 240 g/mol. The normalized spacial score (nSPS) is 27.6. The summed E-state index contributed by atoms with van der Waals surface area (Å²) < 4.78 is 5.82. The summed E-state index contributed by atoms with van der Waals surface area (Å²) in [7, 11) is 0. The Hall–Kier alpha value is -0.870. The molecule has 1 amide bonds. The van der Waals surface area contributed by atoms with Crippen molar-refractivity contribution in [1.29, 1.82) is 0 Å². The van der Waals surface area contributed by atoms with E-state index in [4.69, 9.17) is 10.5 Å². The molecule has 4 heteroatoms. The third kappa shape index (κ3) is 4.96. The van der Waals surface area contributed by atoms with Crippen LogP contribution in [0.4, 0.5) is 0 Å². The number of hydrogen-bond acceptors (Lipinski definition) is 3. The lowest BCUT2D eigenvalue weighted by Crippen LogP contribution is -2.32. The average molecular weight is 266 g/mol. The second kappa shape index (κ2) is 7.65. The maximum absolute atomic E-state index is 11.8. The molecular formula is C15H26N2O2. The first-order chi connectivity index (χ1) is 9.25. The van der Waals surface area contributed by atoms with Crippen LogP contribution in [0.5, 0.6) is 0 Å². The van der Waals surface area contributed by atoms with E-state index in [9.17, 15) is 4.79 Å². The number of carbonyl (C=O) groups excluding carboxylic acids is 1. The van der Waals surface area contributed by atoms with Gasteiger partial charge in [-0.25, -0.2) is 0 Å². The van der Waals surface area contributed by atoms with Gasteiger partial charge in [0.2, 0.25) is 5.91 Å². The molecule has 0 aliphatic heterocycles. The van der Waals surface area contributed by atoms with Crippen molar-refractivity contribution in [3.63, 3.8) is 0 Å². The molecule has 2 aliphatic carbocycles. The molecule has 0 radical (unpaired) electrons. The Morgan fingerprint density at radius 1 is 1.26 bits per heavy atom. The highest BCUT2D eigenvalue weighted by Gasteiger charge is 2.22. The molecule has 2 aliphatic rings. The fourth-order valence-corrected chi connectivity index (χ4v) is 2.82. The molecule has 108 valence electrons. The Balaban J connectivity index is 1.49. The van der Waals surface area contributed by atoms with Crippen molar-refractivity contribution in [2.24, 2.45) is 11.7 Å². The highest BCUT2D eigenvalue weighted by Crippen LogP contribution is 2.20. The average Bonchev–Trinajstić information content (AvgIpc) is 2.86. The van der Waals surface area contributed by atoms with E-state index in [1.54, 1.807) is 0 Å². The zero-order chi connectivity index (χ0) is 13.5. The molecule has 0 aromatic carbocycles. The number of nitrogens with two attached hydrogens (primary N) is 1. The van der Waals surface area contributed by atoms with Crippen molar-refractivity contribution < 1.29 is 9.53 Å². The van der Waals surface area contributed by atoms with Crippen LogP contribution in [0.25, 0.3) is 0 Å². The van der Waals surface area contributed by atoms with E-state index in [-0.39, 0.29) is 17.9 Å². The van der Waals surface area contributed by atoms with Gasteiger partial charge in [-0.2, -0.15) is 0 Å². The molecule has 0 saturated heterocycles. The molecule has 0 heterocycles. The molecule has 1 fully saturated rings. The molecule has 19 heavy (non-hydrogen) atoms. The lowest BCUT2D eigenvalue weighted by molar-refractivity contribution is -0.123. The largest absolute Gasteiger partial charge is 0.378 e. The second-order valence-electron chi connectivity index (χ2n) is 5.67. The standard InChI is InChI=1S/C15H26N2O2/c16-13-8-7-12(11-13)15(18)17-9-4-10-19-14-5-2-1-3-6-14/h7-8,12-14H,1-6,9-11,16H2,(H,17,18). The van der Waals surface area contributed by atoms with Gasteiger partial charge in [-0.1, -0.05) is 31.4 Å². The van der Waals surface area contributed by atoms with Gasteiger partial charge in [0.05, 0.1) is 12.0 Å². The zero-order valence-corrected chi connectivity index (χ0v) is 11.6. The van der Waals surface area contributed by atoms with E-state index in [2.05, 4.69) is 5.32 Å². The molecule has 4 nitrogen and oxygen atoms in total. The van der Waals surface area contributed by atoms with Crippen molar-refractivity contribution in [2.45, 2.75) is 57.1 Å². The quantitative estimate of drug-likeness (QED) is 0.568. The summed E-state index contributed by atoms with van der Waals surface area (Å²) in [6.07, 6.45) is 12.3. The van der Waals surface area contributed by atoms with Gasteiger partial charge >= 0.3 is 0 Å². The predicted octanol–water partition coefficient (Wildman–Crippen LogP) is 1.75. The first-order valence-corrected chi connectivity index (χ1v) is 7.59. The molecule has 0 aromatic heterocycles. The summed E-state index contributed by atoms with van der Waals surface area (Å²) in [5.74, 6) is 0.0659. The lowest BCUT2D eigenvalue weighted by atomic mass is 9.98. The molecule has 0 aromatic rings. The molecule has 2 atom stereocenters. The number of rotatable bonds is 6. The first kappa shape index (κ1) is 14.5. The second-order valence-corrected chi connectivity index (χ2v) is 5.67. The highest BCUT2D eigenvalue weighted by molar-refractivity contribution is 5.81. The summed E-state index contributed by atoms with van der Waals surface area (Å²) in [5.41, 5.74) is 5.74. The Bertz CT molecular complexity index is 311. The summed E-state index contributed by atoms with van der Waals surface area (Å²) in [6, 6.07) is 0.0467. The molecule has 1 saturated carbocycles. The minimum atomic E-state index is -0.0331. The van der Waals surface area contributed by atoms with E-state index in [0.29, 0.717) is 12.6 Å². The summed E-state index contributed by atoms with van der Waals surface area (Å²) in [4.78, 5) is 11.8. The van der Waals surface area contributed by atoms with Crippen LogP contribution in [0.1, 0.15) is 44.9 Å². The Morgan fingerprint density at radius 3 is 2.74 bits per heavy atom. The van der Waals surface area contributed by atoms with Crippen LogP contribution in [0, 0.1) is 5.92 Å². The van der Waals surface area contributed by atoms with Crippen molar-refractivity contribution in [2.75, 3.05) is 13.2 Å². The molecule has 3 N–H and O–H groups in total. The van der Waals surface area contributed by atoms with Crippen LogP contribution < -0.4 is 11.1 Å². The van der Waals surface area contributed by atoms with Crippen LogP contribution >= 0.6 is 0 Å². The van der Waals surface area contributed by atoms with E-state index >= 15 is 0 Å². The van der Waals surface area contributed by atoms with Crippen molar-refractivity contribution in [3.8, 4) is 0 Å². The van der Waals surface area contributed by atoms with Gasteiger partial charge < -0.3 is 15.8 Å². The maximum atomic E-state index is 11.8. The van der Waals surface area contributed by atoms with Crippen LogP contribution in [0.2, 0.25) is 0 Å². The fraction of sp³-hybridized carbons (Fsp3) is 0.800. The SMILES string of the molecule is NC1C=CC(C(=O)NCCCOC2CCCCC2)C1. The number of carbonyl (C=O) groups is 1. The highest BCUT2D eigenvalue weighted by atomic mass is 16.5. The molecule has 2 rings (SSSR count). The smallest absolute Gasteiger partial charge is 0.226 e. The number of nitrogens with one attached hydrogen (secondary N) is 1. The molecule has 0 spiro atoms. The van der Waals surface area contributed by atoms with Crippen LogP contribution in [0.15, 0.2) is 12.2 Å².